The highest BCUT2D eigenvalue weighted by Gasteiger charge is 2.36. The number of aryl methyl sites for hydroxylation is 3. The van der Waals surface area contributed by atoms with Gasteiger partial charge in [-0.15, -0.1) is 0 Å². The van der Waals surface area contributed by atoms with Crippen molar-refractivity contribution in [2.75, 3.05) is 42.9 Å². The highest BCUT2D eigenvalue weighted by molar-refractivity contribution is 6.31. The van der Waals surface area contributed by atoms with Gasteiger partial charge < -0.3 is 10.2 Å². The lowest BCUT2D eigenvalue weighted by atomic mass is 10.1. The number of nitrogens with one attached hydrogen (secondary N) is 1. The molecule has 11 heteroatoms. The minimum absolute atomic E-state index is 0.0250. The second-order valence-electron chi connectivity index (χ2n) is 11.1. The van der Waals surface area contributed by atoms with Crippen molar-refractivity contribution < 1.29 is 22.8 Å². The highest BCUT2D eigenvalue weighted by atomic mass is 35.5. The Morgan fingerprint density at radius 1 is 1.05 bits per heavy atom. The molecule has 1 fully saturated rings. The predicted molar refractivity (Wildman–Crippen MR) is 161 cm³/mol. The number of pyridine rings is 1. The lowest BCUT2D eigenvalue weighted by Crippen LogP contribution is -2.37. The summed E-state index contributed by atoms with van der Waals surface area (Å²) >= 11 is 6.35. The number of benzene rings is 2. The van der Waals surface area contributed by atoms with Gasteiger partial charge >= 0.3 is 12.2 Å². The van der Waals surface area contributed by atoms with Crippen molar-refractivity contribution in [2.45, 2.75) is 33.4 Å². The summed E-state index contributed by atoms with van der Waals surface area (Å²) < 4.78 is 38.9. The molecule has 2 aliphatic rings. The molecule has 1 unspecified atom stereocenters. The molecule has 0 spiro atoms. The molecule has 2 aromatic carbocycles. The number of fused-ring (bicyclic) bond motifs is 1. The lowest BCUT2D eigenvalue weighted by Gasteiger charge is -2.25. The van der Waals surface area contributed by atoms with E-state index in [-0.39, 0.29) is 17.5 Å². The van der Waals surface area contributed by atoms with Gasteiger partial charge in [-0.3, -0.25) is 19.6 Å². The van der Waals surface area contributed by atoms with Crippen LogP contribution in [0.2, 0.25) is 5.02 Å². The monoisotopic (exact) mass is 611 g/mol. The SMILES string of the molecule is Cc1ccc(N(CCCN2CC3=CN(C(=O)c4c(C)ccnc4C)CC3C2)C(=O)Nc2ccc(C(F)(F)F)cc2)cc1Cl. The van der Waals surface area contributed by atoms with E-state index >= 15 is 0 Å². The van der Waals surface area contributed by atoms with Crippen molar-refractivity contribution in [2.24, 2.45) is 5.92 Å². The van der Waals surface area contributed by atoms with Crippen LogP contribution >= 0.6 is 11.6 Å². The normalized spacial score (nSPS) is 16.7. The molecule has 1 N–H and O–H groups in total. The van der Waals surface area contributed by atoms with Gasteiger partial charge in [0.1, 0.15) is 0 Å². The number of carbonyl (C=O) groups excluding carboxylic acids is 2. The predicted octanol–water partition coefficient (Wildman–Crippen LogP) is 7.08. The van der Waals surface area contributed by atoms with Gasteiger partial charge in [0.25, 0.3) is 5.91 Å². The molecule has 3 heterocycles. The number of amides is 3. The van der Waals surface area contributed by atoms with Crippen molar-refractivity contribution in [3.05, 3.63) is 99.5 Å². The van der Waals surface area contributed by atoms with Crippen LogP contribution in [-0.2, 0) is 6.18 Å². The molecule has 1 aromatic heterocycles. The van der Waals surface area contributed by atoms with Crippen LogP contribution in [0.3, 0.4) is 0 Å². The van der Waals surface area contributed by atoms with E-state index in [0.717, 1.165) is 48.6 Å². The van der Waals surface area contributed by atoms with Gasteiger partial charge in [-0.2, -0.15) is 13.2 Å². The molecule has 1 saturated heterocycles. The number of nitrogens with zero attached hydrogens (tertiary/aromatic N) is 4. The summed E-state index contributed by atoms with van der Waals surface area (Å²) in [7, 11) is 0. The third kappa shape index (κ3) is 6.86. The number of anilines is 2. The van der Waals surface area contributed by atoms with Crippen LogP contribution in [0, 0.1) is 26.7 Å². The summed E-state index contributed by atoms with van der Waals surface area (Å²) in [5.41, 5.74) is 4.45. The Balaban J connectivity index is 1.21. The number of hydrogen-bond acceptors (Lipinski definition) is 4. The average molecular weight is 612 g/mol. The minimum Gasteiger partial charge on any atom is -0.314 e. The molecule has 0 radical (unpaired) electrons. The molecule has 1 atom stereocenters. The minimum atomic E-state index is -4.46. The molecular weight excluding hydrogens is 579 g/mol. The van der Waals surface area contributed by atoms with Gasteiger partial charge in [-0.25, -0.2) is 4.79 Å². The van der Waals surface area contributed by atoms with E-state index in [2.05, 4.69) is 15.2 Å². The summed E-state index contributed by atoms with van der Waals surface area (Å²) in [6, 6.07) is 11.1. The van der Waals surface area contributed by atoms with E-state index in [1.165, 1.54) is 17.7 Å². The fourth-order valence-corrected chi connectivity index (χ4v) is 5.82. The van der Waals surface area contributed by atoms with Crippen LogP contribution in [0.5, 0.6) is 0 Å². The molecule has 0 saturated carbocycles. The van der Waals surface area contributed by atoms with Gasteiger partial charge in [0.15, 0.2) is 0 Å². The van der Waals surface area contributed by atoms with Gasteiger partial charge in [0, 0.05) is 67.4 Å². The molecule has 226 valence electrons. The third-order valence-corrected chi connectivity index (χ3v) is 8.41. The number of urea groups is 1. The van der Waals surface area contributed by atoms with E-state index < -0.39 is 17.8 Å². The Morgan fingerprint density at radius 3 is 2.44 bits per heavy atom. The smallest absolute Gasteiger partial charge is 0.314 e. The van der Waals surface area contributed by atoms with E-state index in [4.69, 9.17) is 11.6 Å². The van der Waals surface area contributed by atoms with Gasteiger partial charge in [-0.1, -0.05) is 17.7 Å². The van der Waals surface area contributed by atoms with E-state index in [1.807, 2.05) is 39.1 Å². The standard InChI is InChI=1S/C32H33ClF3N5O2/c1-20-5-10-27(15-28(20)33)41(31(43)38-26-8-6-25(7-9-26)32(34,35)36)14-4-13-39-16-23-18-40(19-24(23)17-39)30(42)29-21(2)11-12-37-22(29)3/h5-12,15,18,24H,4,13-14,16-17,19H2,1-3H3,(H,38,43). The summed E-state index contributed by atoms with van der Waals surface area (Å²) in [6.45, 7) is 8.92. The molecule has 7 nitrogen and oxygen atoms in total. The number of alkyl halides is 3. The fourth-order valence-electron chi connectivity index (χ4n) is 5.65. The Morgan fingerprint density at radius 2 is 1.79 bits per heavy atom. The Hall–Kier alpha value is -3.89. The number of aromatic nitrogens is 1. The number of rotatable bonds is 7. The van der Waals surface area contributed by atoms with E-state index in [9.17, 15) is 22.8 Å². The van der Waals surface area contributed by atoms with Gasteiger partial charge in [-0.05, 0) is 86.4 Å². The second-order valence-corrected chi connectivity index (χ2v) is 11.5. The maximum Gasteiger partial charge on any atom is 0.416 e. The maximum absolute atomic E-state index is 13.3. The van der Waals surface area contributed by atoms with E-state index in [1.54, 1.807) is 28.1 Å². The number of halogens is 4. The Labute approximate surface area is 253 Å². The third-order valence-electron chi connectivity index (χ3n) is 8.00. The first-order valence-corrected chi connectivity index (χ1v) is 14.5. The number of hydrogen-bond donors (Lipinski definition) is 1. The average Bonchev–Trinajstić information content (AvgIpc) is 3.51. The zero-order valence-electron chi connectivity index (χ0n) is 24.2. The van der Waals surface area contributed by atoms with Gasteiger partial charge in [0.05, 0.1) is 16.8 Å². The Bertz CT molecular complexity index is 1540. The summed E-state index contributed by atoms with van der Waals surface area (Å²) in [5, 5.41) is 3.23. The molecule has 0 bridgehead atoms. The van der Waals surface area contributed by atoms with Gasteiger partial charge in [0.2, 0.25) is 0 Å². The van der Waals surface area contributed by atoms with Crippen molar-refractivity contribution in [1.82, 2.24) is 14.8 Å². The van der Waals surface area contributed by atoms with Crippen molar-refractivity contribution in [3.63, 3.8) is 0 Å². The first kappa shape index (κ1) is 30.6. The van der Waals surface area contributed by atoms with Crippen LogP contribution < -0.4 is 10.2 Å². The molecule has 3 aromatic rings. The molecule has 5 rings (SSSR count). The van der Waals surface area contributed by atoms with Crippen LogP contribution in [0.1, 0.15) is 39.2 Å². The number of likely N-dealkylation sites (tertiary alicyclic amines) is 1. The second kappa shape index (κ2) is 12.4. The van der Waals surface area contributed by atoms with Crippen LogP contribution in [0.4, 0.5) is 29.3 Å². The maximum atomic E-state index is 13.3. The van der Waals surface area contributed by atoms with Crippen LogP contribution in [0.15, 0.2) is 66.5 Å². The molecule has 2 aliphatic heterocycles. The summed E-state index contributed by atoms with van der Waals surface area (Å²) in [5.74, 6) is 0.235. The first-order valence-electron chi connectivity index (χ1n) is 14.1. The zero-order chi connectivity index (χ0) is 30.9. The fraction of sp³-hybridized carbons (Fsp3) is 0.344. The summed E-state index contributed by atoms with van der Waals surface area (Å²) in [6.07, 6.45) is -0.119. The zero-order valence-corrected chi connectivity index (χ0v) is 25.0. The van der Waals surface area contributed by atoms with Crippen molar-refractivity contribution >= 4 is 34.9 Å². The lowest BCUT2D eigenvalue weighted by molar-refractivity contribution is -0.137. The molecule has 3 amide bonds. The molecule has 43 heavy (non-hydrogen) atoms. The van der Waals surface area contributed by atoms with Crippen LogP contribution in [0.25, 0.3) is 0 Å². The Kier molecular flexibility index (Phi) is 8.80. The topological polar surface area (TPSA) is 68.8 Å². The first-order chi connectivity index (χ1) is 20.4. The summed E-state index contributed by atoms with van der Waals surface area (Å²) in [4.78, 5) is 36.5. The van der Waals surface area contributed by atoms with Crippen LogP contribution in [-0.4, -0.2) is 59.4 Å². The number of carbonyl (C=O) groups is 2. The van der Waals surface area contributed by atoms with Crippen molar-refractivity contribution in [3.8, 4) is 0 Å². The van der Waals surface area contributed by atoms with E-state index in [0.29, 0.717) is 35.8 Å². The largest absolute Gasteiger partial charge is 0.416 e. The molecular formula is C32H33ClF3N5O2. The molecule has 0 aliphatic carbocycles. The highest BCUT2D eigenvalue weighted by Crippen LogP contribution is 2.32. The quantitative estimate of drug-likeness (QED) is 0.310. The van der Waals surface area contributed by atoms with Crippen molar-refractivity contribution in [1.29, 1.82) is 0 Å².